The number of nitrogens with zero attached hydrogens (tertiary/aromatic N) is 1. The Labute approximate surface area is 144 Å². The summed E-state index contributed by atoms with van der Waals surface area (Å²) in [6.07, 6.45) is 7.49. The Kier molecular flexibility index (Phi) is 3.88. The lowest BCUT2D eigenvalue weighted by atomic mass is 9.92. The Morgan fingerprint density at radius 1 is 0.833 bits per heavy atom. The van der Waals surface area contributed by atoms with Crippen LogP contribution in [0.2, 0.25) is 0 Å². The first-order valence-corrected chi connectivity index (χ1v) is 9.10. The average molecular weight is 315 g/mol. The predicted molar refractivity (Wildman–Crippen MR) is 103 cm³/mol. The lowest BCUT2D eigenvalue weighted by molar-refractivity contribution is 0.724. The Morgan fingerprint density at radius 3 is 2.25 bits per heavy atom. The molecule has 4 rings (SSSR count). The van der Waals surface area contributed by atoms with Gasteiger partial charge in [0.05, 0.1) is 5.69 Å². The van der Waals surface area contributed by atoms with Crippen LogP contribution in [0.15, 0.2) is 42.6 Å². The van der Waals surface area contributed by atoms with Crippen molar-refractivity contribution >= 4 is 10.8 Å². The standard InChI is InChI=1S/C23H25N/c1-15-10-16(2)12-20(11-15)23-21-9-8-19(18-6-4-5-7-18)13-22(21)17(3)14-24-23/h8-14,18H,4-7H2,1-3H3. The molecule has 0 spiro atoms. The molecule has 1 heteroatoms. The summed E-state index contributed by atoms with van der Waals surface area (Å²) in [6.45, 7) is 6.50. The predicted octanol–water partition coefficient (Wildman–Crippen LogP) is 6.48. The van der Waals surface area contributed by atoms with Crippen molar-refractivity contribution in [1.29, 1.82) is 0 Å². The molecule has 0 amide bonds. The van der Waals surface area contributed by atoms with Crippen molar-refractivity contribution in [2.24, 2.45) is 0 Å². The summed E-state index contributed by atoms with van der Waals surface area (Å²) in [4.78, 5) is 4.79. The molecule has 0 N–H and O–H groups in total. The topological polar surface area (TPSA) is 12.9 Å². The normalized spacial score (nSPS) is 15.3. The second-order valence-corrected chi connectivity index (χ2v) is 7.45. The Morgan fingerprint density at radius 2 is 1.54 bits per heavy atom. The molecular formula is C23H25N. The van der Waals surface area contributed by atoms with Crippen molar-refractivity contribution in [3.63, 3.8) is 0 Å². The van der Waals surface area contributed by atoms with Gasteiger partial charge >= 0.3 is 0 Å². The van der Waals surface area contributed by atoms with Gasteiger partial charge in [0.15, 0.2) is 0 Å². The Bertz CT molecular complexity index is 881. The van der Waals surface area contributed by atoms with Gasteiger partial charge in [0, 0.05) is 17.1 Å². The highest BCUT2D eigenvalue weighted by atomic mass is 14.7. The van der Waals surface area contributed by atoms with Crippen LogP contribution in [0, 0.1) is 20.8 Å². The van der Waals surface area contributed by atoms with Crippen LogP contribution in [-0.4, -0.2) is 4.98 Å². The van der Waals surface area contributed by atoms with E-state index < -0.39 is 0 Å². The van der Waals surface area contributed by atoms with Crippen LogP contribution < -0.4 is 0 Å². The summed E-state index contributed by atoms with van der Waals surface area (Å²) in [5.74, 6) is 0.756. The van der Waals surface area contributed by atoms with Crippen LogP contribution >= 0.6 is 0 Å². The third-order valence-electron chi connectivity index (χ3n) is 5.43. The number of hydrogen-bond acceptors (Lipinski definition) is 1. The van der Waals surface area contributed by atoms with Crippen LogP contribution in [-0.2, 0) is 0 Å². The average Bonchev–Trinajstić information content (AvgIpc) is 3.08. The third-order valence-corrected chi connectivity index (χ3v) is 5.43. The highest BCUT2D eigenvalue weighted by Crippen LogP contribution is 2.37. The number of rotatable bonds is 2. The molecule has 0 atom stereocenters. The molecule has 1 saturated carbocycles. The van der Waals surface area contributed by atoms with Crippen LogP contribution in [0.4, 0.5) is 0 Å². The highest BCUT2D eigenvalue weighted by Gasteiger charge is 2.18. The van der Waals surface area contributed by atoms with E-state index in [2.05, 4.69) is 57.2 Å². The van der Waals surface area contributed by atoms with E-state index in [1.54, 1.807) is 0 Å². The van der Waals surface area contributed by atoms with Gasteiger partial charge in [0.25, 0.3) is 0 Å². The van der Waals surface area contributed by atoms with Gasteiger partial charge in [-0.3, -0.25) is 4.98 Å². The van der Waals surface area contributed by atoms with Gasteiger partial charge in [0.1, 0.15) is 0 Å². The molecular weight excluding hydrogens is 290 g/mol. The van der Waals surface area contributed by atoms with Gasteiger partial charge in [-0.05, 0) is 68.2 Å². The molecule has 0 radical (unpaired) electrons. The van der Waals surface area contributed by atoms with E-state index in [4.69, 9.17) is 4.98 Å². The maximum absolute atomic E-state index is 4.79. The molecule has 2 aromatic carbocycles. The zero-order chi connectivity index (χ0) is 16.7. The fourth-order valence-electron chi connectivity index (χ4n) is 4.25. The second-order valence-electron chi connectivity index (χ2n) is 7.45. The minimum atomic E-state index is 0.756. The molecule has 1 fully saturated rings. The molecule has 3 aromatic rings. The lowest BCUT2D eigenvalue weighted by Gasteiger charge is -2.14. The zero-order valence-electron chi connectivity index (χ0n) is 14.9. The first kappa shape index (κ1) is 15.4. The van der Waals surface area contributed by atoms with E-state index in [0.717, 1.165) is 11.6 Å². The smallest absolute Gasteiger partial charge is 0.0780 e. The maximum Gasteiger partial charge on any atom is 0.0780 e. The Balaban J connectivity index is 1.89. The number of hydrogen-bond donors (Lipinski definition) is 0. The molecule has 1 heterocycles. The van der Waals surface area contributed by atoms with Crippen molar-refractivity contribution in [3.05, 3.63) is 64.8 Å². The maximum atomic E-state index is 4.79. The SMILES string of the molecule is Cc1cc(C)cc(-c2ncc(C)c3cc(C4CCCC4)ccc23)c1. The van der Waals surface area contributed by atoms with E-state index in [-0.39, 0.29) is 0 Å². The van der Waals surface area contributed by atoms with E-state index in [0.29, 0.717) is 0 Å². The lowest BCUT2D eigenvalue weighted by Crippen LogP contribution is -1.95. The fourth-order valence-corrected chi connectivity index (χ4v) is 4.25. The van der Waals surface area contributed by atoms with Crippen molar-refractivity contribution in [2.45, 2.75) is 52.4 Å². The summed E-state index contributed by atoms with van der Waals surface area (Å²) in [5.41, 5.74) is 7.72. The summed E-state index contributed by atoms with van der Waals surface area (Å²) in [5, 5.41) is 2.64. The van der Waals surface area contributed by atoms with E-state index in [9.17, 15) is 0 Å². The summed E-state index contributed by atoms with van der Waals surface area (Å²) in [7, 11) is 0. The molecule has 1 aliphatic rings. The van der Waals surface area contributed by atoms with Gasteiger partial charge in [-0.2, -0.15) is 0 Å². The van der Waals surface area contributed by atoms with Gasteiger partial charge in [-0.15, -0.1) is 0 Å². The van der Waals surface area contributed by atoms with Crippen LogP contribution in [0.3, 0.4) is 0 Å². The van der Waals surface area contributed by atoms with Gasteiger partial charge in [-0.1, -0.05) is 48.2 Å². The highest BCUT2D eigenvalue weighted by molar-refractivity contribution is 5.96. The number of benzene rings is 2. The summed E-state index contributed by atoms with van der Waals surface area (Å²) >= 11 is 0. The molecule has 1 aromatic heterocycles. The zero-order valence-corrected chi connectivity index (χ0v) is 14.9. The quantitative estimate of drug-likeness (QED) is 0.527. The monoisotopic (exact) mass is 315 g/mol. The number of aryl methyl sites for hydroxylation is 3. The molecule has 1 nitrogen and oxygen atoms in total. The van der Waals surface area contributed by atoms with Gasteiger partial charge in [-0.25, -0.2) is 0 Å². The van der Waals surface area contributed by atoms with Crippen LogP contribution in [0.25, 0.3) is 22.0 Å². The van der Waals surface area contributed by atoms with Crippen molar-refractivity contribution in [3.8, 4) is 11.3 Å². The molecule has 1 aliphatic carbocycles. The third kappa shape index (κ3) is 2.73. The fraction of sp³-hybridized carbons (Fsp3) is 0.348. The number of fused-ring (bicyclic) bond motifs is 1. The van der Waals surface area contributed by atoms with E-state index >= 15 is 0 Å². The summed E-state index contributed by atoms with van der Waals surface area (Å²) in [6, 6.07) is 13.8. The molecule has 0 unspecified atom stereocenters. The molecule has 0 bridgehead atoms. The van der Waals surface area contributed by atoms with Gasteiger partial charge in [0.2, 0.25) is 0 Å². The first-order valence-electron chi connectivity index (χ1n) is 9.10. The van der Waals surface area contributed by atoms with E-state index in [1.165, 1.54) is 64.3 Å². The van der Waals surface area contributed by atoms with Crippen LogP contribution in [0.5, 0.6) is 0 Å². The number of pyridine rings is 1. The minimum absolute atomic E-state index is 0.756. The second kappa shape index (κ2) is 6.05. The van der Waals surface area contributed by atoms with Crippen LogP contribution in [0.1, 0.15) is 53.9 Å². The van der Waals surface area contributed by atoms with Crippen molar-refractivity contribution in [2.75, 3.05) is 0 Å². The van der Waals surface area contributed by atoms with E-state index in [1.807, 2.05) is 6.20 Å². The number of aromatic nitrogens is 1. The largest absolute Gasteiger partial charge is 0.255 e. The molecule has 24 heavy (non-hydrogen) atoms. The molecule has 122 valence electrons. The first-order chi connectivity index (χ1) is 11.6. The Hall–Kier alpha value is -2.15. The summed E-state index contributed by atoms with van der Waals surface area (Å²) < 4.78 is 0. The molecule has 0 saturated heterocycles. The van der Waals surface area contributed by atoms with Crippen molar-refractivity contribution < 1.29 is 0 Å². The molecule has 0 aliphatic heterocycles. The van der Waals surface area contributed by atoms with Crippen molar-refractivity contribution in [1.82, 2.24) is 4.98 Å². The van der Waals surface area contributed by atoms with Gasteiger partial charge < -0.3 is 0 Å². The minimum Gasteiger partial charge on any atom is -0.255 e.